The molecule has 0 saturated heterocycles. The molecule has 14 heavy (non-hydrogen) atoms. The zero-order valence-electron chi connectivity index (χ0n) is 7.49. The van der Waals surface area contributed by atoms with Crippen molar-refractivity contribution in [2.45, 2.75) is 13.0 Å². The van der Waals surface area contributed by atoms with Gasteiger partial charge in [0.15, 0.2) is 11.6 Å². The summed E-state index contributed by atoms with van der Waals surface area (Å²) >= 11 is 0. The molecule has 0 unspecified atom stereocenters. The number of carbonyl (C=O) groups is 1. The van der Waals surface area contributed by atoms with E-state index < -0.39 is 23.6 Å². The lowest BCUT2D eigenvalue weighted by molar-refractivity contribution is -0.138. The van der Waals surface area contributed by atoms with E-state index in [4.69, 9.17) is 10.8 Å². The van der Waals surface area contributed by atoms with E-state index in [-0.39, 0.29) is 5.56 Å². The summed E-state index contributed by atoms with van der Waals surface area (Å²) in [4.78, 5) is 10.6. The Kier molecular flexibility index (Phi) is 2.71. The van der Waals surface area contributed by atoms with Crippen LogP contribution in [0, 0.1) is 12.7 Å². The number of aliphatic carboxylic acids is 1. The highest BCUT2D eigenvalue weighted by Gasteiger charge is 2.22. The van der Waals surface area contributed by atoms with Gasteiger partial charge >= 0.3 is 5.97 Å². The molecule has 0 aromatic heterocycles. The summed E-state index contributed by atoms with van der Waals surface area (Å²) < 4.78 is 12.9. The average Bonchev–Trinajstić information content (AvgIpc) is 2.12. The van der Waals surface area contributed by atoms with Gasteiger partial charge in [0.25, 0.3) is 0 Å². The normalized spacial score (nSPS) is 12.5. The third kappa shape index (κ3) is 1.67. The van der Waals surface area contributed by atoms with Crippen LogP contribution in [0.25, 0.3) is 0 Å². The number of phenolic OH excluding ortho intramolecular Hbond substituents is 1. The van der Waals surface area contributed by atoms with Crippen LogP contribution in [0.4, 0.5) is 4.39 Å². The molecule has 1 aromatic rings. The largest absolute Gasteiger partial charge is 0.505 e. The standard InChI is InChI=1S/C9H10FNO3/c1-4-2-3-5(10)8(12)6(4)7(11)9(13)14/h2-3,7,12H,11H2,1H3,(H,13,14)/t7-/m0/s1. The maximum atomic E-state index is 12.9. The fourth-order valence-electron chi connectivity index (χ4n) is 1.20. The molecule has 1 aromatic carbocycles. The highest BCUT2D eigenvalue weighted by atomic mass is 19.1. The number of halogens is 1. The molecule has 0 bridgehead atoms. The fourth-order valence-corrected chi connectivity index (χ4v) is 1.20. The minimum Gasteiger partial charge on any atom is -0.505 e. The first-order valence-electron chi connectivity index (χ1n) is 3.91. The van der Waals surface area contributed by atoms with Crippen LogP contribution in [0.5, 0.6) is 5.75 Å². The number of rotatable bonds is 2. The maximum Gasteiger partial charge on any atom is 0.325 e. The lowest BCUT2D eigenvalue weighted by Gasteiger charge is -2.12. The summed E-state index contributed by atoms with van der Waals surface area (Å²) in [6.45, 7) is 1.55. The van der Waals surface area contributed by atoms with Crippen LogP contribution in [0.2, 0.25) is 0 Å². The fraction of sp³-hybridized carbons (Fsp3) is 0.222. The summed E-state index contributed by atoms with van der Waals surface area (Å²) in [5.74, 6) is -2.88. The van der Waals surface area contributed by atoms with Gasteiger partial charge in [0, 0.05) is 5.56 Å². The van der Waals surface area contributed by atoms with Crippen molar-refractivity contribution in [3.8, 4) is 5.75 Å². The second kappa shape index (κ2) is 3.63. The Morgan fingerprint density at radius 2 is 2.14 bits per heavy atom. The van der Waals surface area contributed by atoms with Crippen LogP contribution >= 0.6 is 0 Å². The van der Waals surface area contributed by atoms with E-state index in [1.807, 2.05) is 0 Å². The van der Waals surface area contributed by atoms with Crippen molar-refractivity contribution in [3.63, 3.8) is 0 Å². The number of phenols is 1. The molecule has 0 saturated carbocycles. The van der Waals surface area contributed by atoms with Crippen molar-refractivity contribution in [1.82, 2.24) is 0 Å². The van der Waals surface area contributed by atoms with Gasteiger partial charge in [-0.1, -0.05) is 6.07 Å². The Hall–Kier alpha value is -1.62. The number of carboxylic acid groups (broad SMARTS) is 1. The third-order valence-corrected chi connectivity index (χ3v) is 1.96. The van der Waals surface area contributed by atoms with Crippen molar-refractivity contribution < 1.29 is 19.4 Å². The Bertz CT molecular complexity index is 379. The van der Waals surface area contributed by atoms with Gasteiger partial charge in [-0.25, -0.2) is 4.39 Å². The van der Waals surface area contributed by atoms with E-state index in [1.165, 1.54) is 6.07 Å². The molecule has 0 aliphatic rings. The van der Waals surface area contributed by atoms with Crippen molar-refractivity contribution in [2.24, 2.45) is 5.73 Å². The highest BCUT2D eigenvalue weighted by Crippen LogP contribution is 2.29. The van der Waals surface area contributed by atoms with E-state index in [1.54, 1.807) is 6.92 Å². The maximum absolute atomic E-state index is 12.9. The van der Waals surface area contributed by atoms with Crippen molar-refractivity contribution in [1.29, 1.82) is 0 Å². The van der Waals surface area contributed by atoms with Gasteiger partial charge < -0.3 is 15.9 Å². The van der Waals surface area contributed by atoms with Crippen LogP contribution in [0.1, 0.15) is 17.2 Å². The van der Waals surface area contributed by atoms with Crippen LogP contribution in [0.3, 0.4) is 0 Å². The van der Waals surface area contributed by atoms with E-state index in [2.05, 4.69) is 0 Å². The number of benzene rings is 1. The molecule has 1 rings (SSSR count). The molecule has 0 heterocycles. The number of hydrogen-bond donors (Lipinski definition) is 3. The predicted molar refractivity (Wildman–Crippen MR) is 47.4 cm³/mol. The Balaban J connectivity index is 3.32. The van der Waals surface area contributed by atoms with Crippen LogP contribution < -0.4 is 5.73 Å². The van der Waals surface area contributed by atoms with E-state index in [9.17, 15) is 14.3 Å². The minimum atomic E-state index is -1.41. The van der Waals surface area contributed by atoms with Gasteiger partial charge in [0.2, 0.25) is 0 Å². The van der Waals surface area contributed by atoms with Gasteiger partial charge in [0.05, 0.1) is 0 Å². The molecule has 5 heteroatoms. The molecule has 76 valence electrons. The Morgan fingerprint density at radius 1 is 1.57 bits per heavy atom. The molecule has 0 aliphatic carbocycles. The monoisotopic (exact) mass is 199 g/mol. The first-order valence-corrected chi connectivity index (χ1v) is 3.91. The van der Waals surface area contributed by atoms with Gasteiger partial charge in [-0.15, -0.1) is 0 Å². The highest BCUT2D eigenvalue weighted by molar-refractivity contribution is 5.77. The molecule has 0 aliphatic heterocycles. The molecule has 4 nitrogen and oxygen atoms in total. The van der Waals surface area contributed by atoms with Gasteiger partial charge in [-0.2, -0.15) is 0 Å². The summed E-state index contributed by atoms with van der Waals surface area (Å²) in [7, 11) is 0. The number of aryl methyl sites for hydroxylation is 1. The molecule has 0 spiro atoms. The smallest absolute Gasteiger partial charge is 0.325 e. The summed E-state index contributed by atoms with van der Waals surface area (Å²) in [6, 6.07) is 1.02. The molecule has 4 N–H and O–H groups in total. The minimum absolute atomic E-state index is 0.0856. The van der Waals surface area contributed by atoms with Gasteiger partial charge in [-0.05, 0) is 18.6 Å². The number of nitrogens with two attached hydrogens (primary N) is 1. The Morgan fingerprint density at radius 3 is 2.64 bits per heavy atom. The van der Waals surface area contributed by atoms with E-state index in [0.29, 0.717) is 5.56 Å². The average molecular weight is 199 g/mol. The summed E-state index contributed by atoms with van der Waals surface area (Å²) in [6.07, 6.45) is 0. The molecule has 0 amide bonds. The van der Waals surface area contributed by atoms with E-state index in [0.717, 1.165) is 6.07 Å². The number of aromatic hydroxyl groups is 1. The molecule has 1 atom stereocenters. The van der Waals surface area contributed by atoms with Crippen molar-refractivity contribution in [3.05, 3.63) is 29.1 Å². The first-order chi connectivity index (χ1) is 6.45. The molecule has 0 radical (unpaired) electrons. The van der Waals surface area contributed by atoms with Crippen LogP contribution in [-0.4, -0.2) is 16.2 Å². The van der Waals surface area contributed by atoms with E-state index >= 15 is 0 Å². The third-order valence-electron chi connectivity index (χ3n) is 1.96. The number of carboxylic acids is 1. The van der Waals surface area contributed by atoms with Gasteiger partial charge in [-0.3, -0.25) is 4.79 Å². The van der Waals surface area contributed by atoms with Crippen molar-refractivity contribution >= 4 is 5.97 Å². The lowest BCUT2D eigenvalue weighted by atomic mass is 10.0. The second-order valence-corrected chi connectivity index (χ2v) is 2.94. The van der Waals surface area contributed by atoms with Crippen LogP contribution in [0.15, 0.2) is 12.1 Å². The summed E-state index contributed by atoms with van der Waals surface area (Å²) in [5.41, 5.74) is 5.64. The topological polar surface area (TPSA) is 83.5 Å². The summed E-state index contributed by atoms with van der Waals surface area (Å²) in [5, 5.41) is 17.9. The zero-order chi connectivity index (χ0) is 10.9. The predicted octanol–water partition coefficient (Wildman–Crippen LogP) is 0.924. The SMILES string of the molecule is Cc1ccc(F)c(O)c1[C@H](N)C(=O)O. The molecular formula is C9H10FNO3. The quantitative estimate of drug-likeness (QED) is 0.661. The Labute approximate surface area is 79.8 Å². The van der Waals surface area contributed by atoms with Crippen LogP contribution in [-0.2, 0) is 4.79 Å². The van der Waals surface area contributed by atoms with Gasteiger partial charge in [0.1, 0.15) is 6.04 Å². The van der Waals surface area contributed by atoms with Crippen molar-refractivity contribution in [2.75, 3.05) is 0 Å². The molecular weight excluding hydrogens is 189 g/mol. The first kappa shape index (κ1) is 10.5. The molecule has 0 fully saturated rings. The zero-order valence-corrected chi connectivity index (χ0v) is 7.49. The number of hydrogen-bond acceptors (Lipinski definition) is 3. The lowest BCUT2D eigenvalue weighted by Crippen LogP contribution is -2.22. The second-order valence-electron chi connectivity index (χ2n) is 2.94.